The van der Waals surface area contributed by atoms with Crippen LogP contribution in [-0.4, -0.2) is 9.78 Å². The standard InChI is InChI=1S/C12H13F3N4/c1-19-11(9(16)10(18-19)12(13,14)15)17-7-8-5-3-2-4-6-8/h2-6,17H,7,16H2,1H3. The first-order valence-electron chi connectivity index (χ1n) is 5.57. The van der Waals surface area contributed by atoms with Gasteiger partial charge in [-0.1, -0.05) is 30.3 Å². The van der Waals surface area contributed by atoms with Crippen molar-refractivity contribution in [1.29, 1.82) is 0 Å². The van der Waals surface area contributed by atoms with Crippen molar-refractivity contribution < 1.29 is 13.2 Å². The second-order valence-corrected chi connectivity index (χ2v) is 4.07. The number of rotatable bonds is 3. The van der Waals surface area contributed by atoms with Crippen molar-refractivity contribution in [1.82, 2.24) is 9.78 Å². The van der Waals surface area contributed by atoms with Gasteiger partial charge in [0, 0.05) is 13.6 Å². The number of hydrogen-bond donors (Lipinski definition) is 2. The number of benzene rings is 1. The van der Waals surface area contributed by atoms with E-state index in [4.69, 9.17) is 5.73 Å². The van der Waals surface area contributed by atoms with Gasteiger partial charge in [0.25, 0.3) is 0 Å². The quantitative estimate of drug-likeness (QED) is 0.901. The van der Waals surface area contributed by atoms with E-state index in [1.54, 1.807) is 0 Å². The summed E-state index contributed by atoms with van der Waals surface area (Å²) in [5.41, 5.74) is 4.98. The van der Waals surface area contributed by atoms with Crippen molar-refractivity contribution in [2.75, 3.05) is 11.1 Å². The molecule has 0 spiro atoms. The molecule has 0 amide bonds. The number of aryl methyl sites for hydroxylation is 1. The molecule has 19 heavy (non-hydrogen) atoms. The van der Waals surface area contributed by atoms with Crippen LogP contribution in [0, 0.1) is 0 Å². The maximum absolute atomic E-state index is 12.6. The molecule has 0 radical (unpaired) electrons. The fraction of sp³-hybridized carbons (Fsp3) is 0.250. The lowest BCUT2D eigenvalue weighted by molar-refractivity contribution is -0.140. The fourth-order valence-electron chi connectivity index (χ4n) is 1.74. The molecule has 7 heteroatoms. The molecule has 0 aliphatic heterocycles. The van der Waals surface area contributed by atoms with Crippen LogP contribution in [0.3, 0.4) is 0 Å². The maximum Gasteiger partial charge on any atom is 0.437 e. The summed E-state index contributed by atoms with van der Waals surface area (Å²) < 4.78 is 39.0. The van der Waals surface area contributed by atoms with Gasteiger partial charge in [-0.25, -0.2) is 0 Å². The van der Waals surface area contributed by atoms with E-state index < -0.39 is 11.9 Å². The van der Waals surface area contributed by atoms with E-state index in [-0.39, 0.29) is 11.5 Å². The zero-order chi connectivity index (χ0) is 14.0. The first-order chi connectivity index (χ1) is 8.89. The third kappa shape index (κ3) is 2.81. The summed E-state index contributed by atoms with van der Waals surface area (Å²) in [6.07, 6.45) is -4.55. The number of halogens is 3. The minimum atomic E-state index is -4.55. The molecule has 1 aromatic carbocycles. The molecule has 0 unspecified atom stereocenters. The summed E-state index contributed by atoms with van der Waals surface area (Å²) in [4.78, 5) is 0. The number of nitrogens with zero attached hydrogens (tertiary/aromatic N) is 2. The molecule has 0 saturated heterocycles. The highest BCUT2D eigenvalue weighted by Crippen LogP contribution is 2.36. The van der Waals surface area contributed by atoms with Gasteiger partial charge in [0.1, 0.15) is 11.5 Å². The summed E-state index contributed by atoms with van der Waals surface area (Å²) in [5.74, 6) is 0.163. The van der Waals surface area contributed by atoms with Crippen LogP contribution in [0.25, 0.3) is 0 Å². The number of aromatic nitrogens is 2. The minimum absolute atomic E-state index is 0.163. The predicted octanol–water partition coefficient (Wildman–Crippen LogP) is 2.63. The second-order valence-electron chi connectivity index (χ2n) is 4.07. The van der Waals surface area contributed by atoms with Crippen LogP contribution in [0.2, 0.25) is 0 Å². The van der Waals surface area contributed by atoms with Crippen LogP contribution < -0.4 is 11.1 Å². The Balaban J connectivity index is 2.20. The molecule has 3 N–H and O–H groups in total. The van der Waals surface area contributed by atoms with Gasteiger partial charge in [-0.2, -0.15) is 18.3 Å². The van der Waals surface area contributed by atoms with Gasteiger partial charge >= 0.3 is 6.18 Å². The lowest BCUT2D eigenvalue weighted by Crippen LogP contribution is -2.09. The Morgan fingerprint density at radius 1 is 1.26 bits per heavy atom. The Bertz CT molecular complexity index is 560. The lowest BCUT2D eigenvalue weighted by atomic mass is 10.2. The molecule has 0 fully saturated rings. The van der Waals surface area contributed by atoms with E-state index in [2.05, 4.69) is 10.4 Å². The molecule has 0 bridgehead atoms. The van der Waals surface area contributed by atoms with Crippen molar-refractivity contribution in [3.8, 4) is 0 Å². The summed E-state index contributed by atoms with van der Waals surface area (Å²) in [5, 5.41) is 6.26. The molecular weight excluding hydrogens is 257 g/mol. The van der Waals surface area contributed by atoms with Crippen molar-refractivity contribution >= 4 is 11.5 Å². The number of nitrogens with one attached hydrogen (secondary N) is 1. The number of nitrogen functional groups attached to an aromatic ring is 1. The van der Waals surface area contributed by atoms with Crippen LogP contribution >= 0.6 is 0 Å². The Kier molecular flexibility index (Phi) is 3.37. The topological polar surface area (TPSA) is 55.9 Å². The summed E-state index contributed by atoms with van der Waals surface area (Å²) in [6.45, 7) is 0.377. The van der Waals surface area contributed by atoms with Crippen LogP contribution in [0.5, 0.6) is 0 Å². The number of alkyl halides is 3. The molecule has 2 aromatic rings. The average molecular weight is 270 g/mol. The maximum atomic E-state index is 12.6. The normalized spacial score (nSPS) is 11.6. The SMILES string of the molecule is Cn1nc(C(F)(F)F)c(N)c1NCc1ccccc1. The van der Waals surface area contributed by atoms with Gasteiger partial charge in [0.2, 0.25) is 0 Å². The third-order valence-corrected chi connectivity index (χ3v) is 2.66. The van der Waals surface area contributed by atoms with Crippen LogP contribution in [0.1, 0.15) is 11.3 Å². The average Bonchev–Trinajstić information content (AvgIpc) is 2.64. The van der Waals surface area contributed by atoms with Crippen molar-refractivity contribution in [3.63, 3.8) is 0 Å². The highest BCUT2D eigenvalue weighted by molar-refractivity contribution is 5.65. The van der Waals surface area contributed by atoms with Crippen LogP contribution in [0.15, 0.2) is 30.3 Å². The van der Waals surface area contributed by atoms with E-state index in [0.29, 0.717) is 6.54 Å². The number of anilines is 2. The predicted molar refractivity (Wildman–Crippen MR) is 66.4 cm³/mol. The molecule has 1 aromatic heterocycles. The highest BCUT2D eigenvalue weighted by Gasteiger charge is 2.38. The van der Waals surface area contributed by atoms with Crippen molar-refractivity contribution in [2.24, 2.45) is 7.05 Å². The summed E-state index contributed by atoms with van der Waals surface area (Å²) >= 11 is 0. The zero-order valence-electron chi connectivity index (χ0n) is 10.2. The lowest BCUT2D eigenvalue weighted by Gasteiger charge is -2.08. The Hall–Kier alpha value is -2.18. The minimum Gasteiger partial charge on any atom is -0.394 e. The Morgan fingerprint density at radius 3 is 2.42 bits per heavy atom. The zero-order valence-corrected chi connectivity index (χ0v) is 10.2. The van der Waals surface area contributed by atoms with Crippen molar-refractivity contribution in [2.45, 2.75) is 12.7 Å². The Morgan fingerprint density at radius 2 is 1.89 bits per heavy atom. The van der Waals surface area contributed by atoms with E-state index in [1.807, 2.05) is 30.3 Å². The Labute approximate surface area is 108 Å². The molecule has 102 valence electrons. The van der Waals surface area contributed by atoms with Gasteiger partial charge in [-0.15, -0.1) is 0 Å². The van der Waals surface area contributed by atoms with E-state index >= 15 is 0 Å². The molecule has 0 aliphatic rings. The first kappa shape index (κ1) is 13.3. The molecular formula is C12H13F3N4. The first-order valence-corrected chi connectivity index (χ1v) is 5.57. The molecule has 0 atom stereocenters. The summed E-state index contributed by atoms with van der Waals surface area (Å²) in [7, 11) is 1.42. The van der Waals surface area contributed by atoms with E-state index in [1.165, 1.54) is 7.05 Å². The molecule has 0 saturated carbocycles. The highest BCUT2D eigenvalue weighted by atomic mass is 19.4. The number of hydrogen-bond acceptors (Lipinski definition) is 3. The second kappa shape index (κ2) is 4.83. The van der Waals surface area contributed by atoms with Crippen LogP contribution in [0.4, 0.5) is 24.7 Å². The van der Waals surface area contributed by atoms with E-state index in [0.717, 1.165) is 10.2 Å². The fourth-order valence-corrected chi connectivity index (χ4v) is 1.74. The van der Waals surface area contributed by atoms with E-state index in [9.17, 15) is 13.2 Å². The van der Waals surface area contributed by atoms with Gasteiger partial charge in [0.05, 0.1) is 0 Å². The smallest absolute Gasteiger partial charge is 0.394 e. The monoisotopic (exact) mass is 270 g/mol. The van der Waals surface area contributed by atoms with Gasteiger partial charge in [0.15, 0.2) is 5.69 Å². The molecule has 1 heterocycles. The van der Waals surface area contributed by atoms with Gasteiger partial charge < -0.3 is 11.1 Å². The van der Waals surface area contributed by atoms with Crippen LogP contribution in [-0.2, 0) is 19.8 Å². The molecule has 4 nitrogen and oxygen atoms in total. The number of nitrogens with two attached hydrogens (primary N) is 1. The molecule has 2 rings (SSSR count). The van der Waals surface area contributed by atoms with Crippen molar-refractivity contribution in [3.05, 3.63) is 41.6 Å². The third-order valence-electron chi connectivity index (χ3n) is 2.66. The van der Waals surface area contributed by atoms with Gasteiger partial charge in [-0.3, -0.25) is 4.68 Å². The molecule has 0 aliphatic carbocycles. The largest absolute Gasteiger partial charge is 0.437 e. The summed E-state index contributed by atoms with van der Waals surface area (Å²) in [6, 6.07) is 9.30. The van der Waals surface area contributed by atoms with Gasteiger partial charge in [-0.05, 0) is 5.56 Å².